The van der Waals surface area contributed by atoms with E-state index in [1.807, 2.05) is 55.5 Å². The molecule has 0 radical (unpaired) electrons. The van der Waals surface area contributed by atoms with E-state index in [2.05, 4.69) is 22.5 Å². The van der Waals surface area contributed by atoms with Crippen molar-refractivity contribution in [3.05, 3.63) is 83.8 Å². The van der Waals surface area contributed by atoms with Crippen LogP contribution in [0.3, 0.4) is 0 Å². The summed E-state index contributed by atoms with van der Waals surface area (Å²) in [6.07, 6.45) is 2.88. The van der Waals surface area contributed by atoms with Crippen molar-refractivity contribution < 1.29 is 18.8 Å². The molecule has 3 aromatic rings. The van der Waals surface area contributed by atoms with E-state index in [0.29, 0.717) is 34.4 Å². The van der Waals surface area contributed by atoms with Crippen LogP contribution in [-0.4, -0.2) is 44.9 Å². The Hall–Kier alpha value is -4.18. The minimum absolute atomic E-state index is 0.110. The van der Waals surface area contributed by atoms with E-state index in [4.69, 9.17) is 9.41 Å². The van der Waals surface area contributed by atoms with Crippen molar-refractivity contribution >= 4 is 51.9 Å². The smallest absolute Gasteiger partial charge is 0.271 e. The minimum atomic E-state index is -0.863. The molecule has 3 amide bonds. The Morgan fingerprint density at radius 3 is 2.56 bits per heavy atom. The molecule has 5 rings (SSSR count). The molecule has 2 unspecified atom stereocenters. The maximum atomic E-state index is 13.3. The molecule has 10 heteroatoms. The number of nitrogens with zero attached hydrogens (tertiary/aromatic N) is 3. The zero-order valence-electron chi connectivity index (χ0n) is 21.7. The SMILES string of the molecule is CCc1ccc(NC(=O)C(CC)SC2=Nc3ccccc3C3=NC(=O)C(CC(=O)NCc4ccco4)N23)cc1. The Balaban J connectivity index is 1.36. The number of aliphatic imine (C=N–C) groups is 2. The molecule has 0 fully saturated rings. The summed E-state index contributed by atoms with van der Waals surface area (Å²) in [5.41, 5.74) is 3.28. The van der Waals surface area contributed by atoms with Gasteiger partial charge in [-0.2, -0.15) is 4.99 Å². The van der Waals surface area contributed by atoms with Gasteiger partial charge in [0.25, 0.3) is 5.91 Å². The van der Waals surface area contributed by atoms with Crippen molar-refractivity contribution in [3.8, 4) is 0 Å². The lowest BCUT2D eigenvalue weighted by Crippen LogP contribution is -2.46. The van der Waals surface area contributed by atoms with E-state index in [9.17, 15) is 14.4 Å². The highest BCUT2D eigenvalue weighted by Gasteiger charge is 2.43. The van der Waals surface area contributed by atoms with Crippen LogP contribution in [0.2, 0.25) is 0 Å². The minimum Gasteiger partial charge on any atom is -0.467 e. The molecule has 39 heavy (non-hydrogen) atoms. The lowest BCUT2D eigenvalue weighted by molar-refractivity contribution is -0.126. The van der Waals surface area contributed by atoms with Crippen LogP contribution in [0.1, 0.15) is 43.6 Å². The summed E-state index contributed by atoms with van der Waals surface area (Å²) in [6.45, 7) is 4.23. The third kappa shape index (κ3) is 5.80. The predicted molar refractivity (Wildman–Crippen MR) is 152 cm³/mol. The quantitative estimate of drug-likeness (QED) is 0.406. The molecule has 200 valence electrons. The van der Waals surface area contributed by atoms with Gasteiger partial charge >= 0.3 is 0 Å². The molecule has 2 N–H and O–H groups in total. The highest BCUT2D eigenvalue weighted by atomic mass is 32.2. The molecule has 9 nitrogen and oxygen atoms in total. The topological polar surface area (TPSA) is 116 Å². The van der Waals surface area contributed by atoms with Crippen LogP contribution in [0.15, 0.2) is 81.3 Å². The third-order valence-electron chi connectivity index (χ3n) is 6.57. The number of carbonyl (C=O) groups excluding carboxylic acids is 3. The molecule has 3 heterocycles. The number of thioether (sulfide) groups is 1. The van der Waals surface area contributed by atoms with E-state index in [1.54, 1.807) is 17.0 Å². The first kappa shape index (κ1) is 26.4. The van der Waals surface area contributed by atoms with Gasteiger partial charge in [-0.3, -0.25) is 19.3 Å². The Morgan fingerprint density at radius 1 is 1.05 bits per heavy atom. The van der Waals surface area contributed by atoms with Crippen molar-refractivity contribution in [2.75, 3.05) is 5.32 Å². The Kier molecular flexibility index (Phi) is 7.92. The number of rotatable bonds is 9. The second-order valence-corrected chi connectivity index (χ2v) is 10.4. The molecule has 0 saturated carbocycles. The third-order valence-corrected chi connectivity index (χ3v) is 7.90. The number of nitrogens with one attached hydrogen (secondary N) is 2. The summed E-state index contributed by atoms with van der Waals surface area (Å²) in [5.74, 6) is 0.165. The number of furan rings is 1. The fourth-order valence-electron chi connectivity index (χ4n) is 4.43. The lowest BCUT2D eigenvalue weighted by atomic mass is 10.1. The zero-order chi connectivity index (χ0) is 27.4. The maximum absolute atomic E-state index is 13.3. The summed E-state index contributed by atoms with van der Waals surface area (Å²) in [6, 6.07) is 17.8. The van der Waals surface area contributed by atoms with Crippen molar-refractivity contribution in [2.24, 2.45) is 9.98 Å². The van der Waals surface area contributed by atoms with Crippen LogP contribution in [0.25, 0.3) is 0 Å². The van der Waals surface area contributed by atoms with Gasteiger partial charge in [-0.1, -0.05) is 49.9 Å². The van der Waals surface area contributed by atoms with Gasteiger partial charge in [-0.15, -0.1) is 0 Å². The number of para-hydroxylation sites is 1. The number of aryl methyl sites for hydroxylation is 1. The van der Waals surface area contributed by atoms with Crippen LogP contribution < -0.4 is 10.6 Å². The first-order chi connectivity index (χ1) is 19.0. The fraction of sp³-hybridized carbons (Fsp3) is 0.276. The van der Waals surface area contributed by atoms with E-state index >= 15 is 0 Å². The molecule has 0 saturated heterocycles. The van der Waals surface area contributed by atoms with E-state index in [1.165, 1.54) is 23.6 Å². The van der Waals surface area contributed by atoms with Crippen LogP contribution in [0.4, 0.5) is 11.4 Å². The van der Waals surface area contributed by atoms with Gasteiger partial charge in [-0.25, -0.2) is 4.99 Å². The Labute approximate surface area is 230 Å². The van der Waals surface area contributed by atoms with Gasteiger partial charge in [-0.05, 0) is 54.8 Å². The summed E-state index contributed by atoms with van der Waals surface area (Å²) in [5, 5.41) is 5.77. The van der Waals surface area contributed by atoms with Crippen molar-refractivity contribution in [1.29, 1.82) is 0 Å². The molecule has 2 aliphatic heterocycles. The Morgan fingerprint density at radius 2 is 1.85 bits per heavy atom. The zero-order valence-corrected chi connectivity index (χ0v) is 22.5. The molecule has 2 atom stereocenters. The largest absolute Gasteiger partial charge is 0.467 e. The van der Waals surface area contributed by atoms with Crippen molar-refractivity contribution in [2.45, 2.75) is 50.9 Å². The van der Waals surface area contributed by atoms with Crippen LogP contribution in [-0.2, 0) is 27.3 Å². The number of anilines is 1. The van der Waals surface area contributed by atoms with E-state index < -0.39 is 17.2 Å². The molecule has 0 spiro atoms. The summed E-state index contributed by atoms with van der Waals surface area (Å²) < 4.78 is 5.27. The monoisotopic (exact) mass is 543 g/mol. The number of hydrogen-bond donors (Lipinski definition) is 2. The second-order valence-electron chi connectivity index (χ2n) is 9.19. The first-order valence-corrected chi connectivity index (χ1v) is 13.8. The van der Waals surface area contributed by atoms with Gasteiger partial charge in [0.2, 0.25) is 11.8 Å². The van der Waals surface area contributed by atoms with Crippen LogP contribution in [0.5, 0.6) is 0 Å². The van der Waals surface area contributed by atoms with Gasteiger partial charge in [0.05, 0.1) is 30.2 Å². The van der Waals surface area contributed by atoms with Gasteiger partial charge < -0.3 is 15.1 Å². The normalized spacial score (nSPS) is 16.6. The van der Waals surface area contributed by atoms with Crippen LogP contribution in [0, 0.1) is 0 Å². The number of hydrogen-bond acceptors (Lipinski definition) is 7. The lowest BCUT2D eigenvalue weighted by Gasteiger charge is -2.32. The highest BCUT2D eigenvalue weighted by Crippen LogP contribution is 2.36. The Bertz CT molecular complexity index is 1430. The molecule has 2 aliphatic rings. The maximum Gasteiger partial charge on any atom is 0.271 e. The average Bonchev–Trinajstić information content (AvgIpc) is 3.59. The molecule has 0 bridgehead atoms. The number of amidine groups is 2. The fourth-order valence-corrected chi connectivity index (χ4v) is 5.49. The van der Waals surface area contributed by atoms with Gasteiger partial charge in [0.15, 0.2) is 5.17 Å². The summed E-state index contributed by atoms with van der Waals surface area (Å²) in [4.78, 5) is 50.0. The summed E-state index contributed by atoms with van der Waals surface area (Å²) in [7, 11) is 0. The summed E-state index contributed by atoms with van der Waals surface area (Å²) >= 11 is 1.27. The first-order valence-electron chi connectivity index (χ1n) is 12.9. The molecular formula is C29H29N5O4S. The van der Waals surface area contributed by atoms with Crippen molar-refractivity contribution in [1.82, 2.24) is 10.2 Å². The highest BCUT2D eigenvalue weighted by molar-refractivity contribution is 8.15. The number of benzene rings is 2. The number of fused-ring (bicyclic) bond motifs is 3. The predicted octanol–water partition coefficient (Wildman–Crippen LogP) is 4.66. The second kappa shape index (κ2) is 11.7. The van der Waals surface area contributed by atoms with Crippen LogP contribution >= 0.6 is 11.8 Å². The molecule has 0 aliphatic carbocycles. The molecule has 1 aromatic heterocycles. The van der Waals surface area contributed by atoms with Gasteiger partial charge in [0.1, 0.15) is 17.6 Å². The number of carbonyl (C=O) groups is 3. The average molecular weight is 544 g/mol. The van der Waals surface area contributed by atoms with Gasteiger partial charge in [0, 0.05) is 11.3 Å². The standard InChI is InChI=1S/C29H29N5O4S/c1-3-18-11-13-19(14-12-18)31-28(37)24(4-2)39-29-32-22-10-6-5-9-21(22)26-33-27(36)23(34(26)29)16-25(35)30-17-20-8-7-15-38-20/h5-15,23-24H,3-4,16-17H2,1-2H3,(H,30,35)(H,31,37). The molecule has 2 aromatic carbocycles. The van der Waals surface area contributed by atoms with E-state index in [-0.39, 0.29) is 24.8 Å². The van der Waals surface area contributed by atoms with E-state index in [0.717, 1.165) is 12.1 Å². The molecular weight excluding hydrogens is 514 g/mol. The van der Waals surface area contributed by atoms with Crippen molar-refractivity contribution in [3.63, 3.8) is 0 Å². The number of amides is 3.